The van der Waals surface area contributed by atoms with Gasteiger partial charge in [-0.05, 0) is 42.5 Å². The van der Waals surface area contributed by atoms with Crippen molar-refractivity contribution in [1.82, 2.24) is 15.3 Å². The highest BCUT2D eigenvalue weighted by atomic mass is 19.4. The molecule has 1 saturated heterocycles. The van der Waals surface area contributed by atoms with E-state index in [0.717, 1.165) is 37.4 Å². The van der Waals surface area contributed by atoms with E-state index in [2.05, 4.69) is 29.9 Å². The maximum atomic E-state index is 12.2. The molecule has 156 valence electrons. The first-order valence-electron chi connectivity index (χ1n) is 9.29. The SMILES string of the molecule is NC(=NCc1ccc(OC(F)(F)F)cc1)NCC1CCCN(c2ncccn2)C1. The maximum absolute atomic E-state index is 12.2. The predicted molar refractivity (Wildman–Crippen MR) is 103 cm³/mol. The molecule has 1 aliphatic rings. The lowest BCUT2D eigenvalue weighted by molar-refractivity contribution is -0.274. The quantitative estimate of drug-likeness (QED) is 0.564. The highest BCUT2D eigenvalue weighted by Crippen LogP contribution is 2.23. The van der Waals surface area contributed by atoms with Gasteiger partial charge in [0.25, 0.3) is 0 Å². The summed E-state index contributed by atoms with van der Waals surface area (Å²) in [5.41, 5.74) is 6.66. The second-order valence-electron chi connectivity index (χ2n) is 6.78. The van der Waals surface area contributed by atoms with Crippen LogP contribution in [0.1, 0.15) is 18.4 Å². The lowest BCUT2D eigenvalue weighted by Gasteiger charge is -2.32. The average Bonchev–Trinajstić information content (AvgIpc) is 2.71. The van der Waals surface area contributed by atoms with E-state index in [1.807, 2.05) is 0 Å². The fourth-order valence-corrected chi connectivity index (χ4v) is 3.15. The molecule has 10 heteroatoms. The van der Waals surface area contributed by atoms with Gasteiger partial charge in [-0.2, -0.15) is 0 Å². The maximum Gasteiger partial charge on any atom is 0.573 e. The van der Waals surface area contributed by atoms with Crippen LogP contribution in [0.25, 0.3) is 0 Å². The van der Waals surface area contributed by atoms with E-state index in [4.69, 9.17) is 5.73 Å². The Hall–Kier alpha value is -3.04. The summed E-state index contributed by atoms with van der Waals surface area (Å²) in [6.07, 6.45) is 0.890. The van der Waals surface area contributed by atoms with Crippen LogP contribution in [0.3, 0.4) is 0 Å². The van der Waals surface area contributed by atoms with Crippen LogP contribution in [0.5, 0.6) is 5.75 Å². The van der Waals surface area contributed by atoms with E-state index >= 15 is 0 Å². The van der Waals surface area contributed by atoms with Crippen molar-refractivity contribution >= 4 is 11.9 Å². The Morgan fingerprint density at radius 3 is 2.66 bits per heavy atom. The molecule has 0 spiro atoms. The number of ether oxygens (including phenoxy) is 1. The highest BCUT2D eigenvalue weighted by Gasteiger charge is 2.30. The van der Waals surface area contributed by atoms with E-state index < -0.39 is 6.36 Å². The Morgan fingerprint density at radius 1 is 1.24 bits per heavy atom. The largest absolute Gasteiger partial charge is 0.573 e. The van der Waals surface area contributed by atoms with Crippen molar-refractivity contribution in [3.05, 3.63) is 48.3 Å². The third-order valence-corrected chi connectivity index (χ3v) is 4.51. The third kappa shape index (κ3) is 6.81. The fraction of sp³-hybridized carbons (Fsp3) is 0.421. The van der Waals surface area contributed by atoms with E-state index in [9.17, 15) is 13.2 Å². The molecular weight excluding hydrogens is 385 g/mol. The summed E-state index contributed by atoms with van der Waals surface area (Å²) in [6, 6.07) is 7.35. The van der Waals surface area contributed by atoms with Crippen molar-refractivity contribution < 1.29 is 17.9 Å². The minimum absolute atomic E-state index is 0.263. The Balaban J connectivity index is 1.45. The number of guanidine groups is 1. The van der Waals surface area contributed by atoms with Gasteiger partial charge >= 0.3 is 6.36 Å². The lowest BCUT2D eigenvalue weighted by Crippen LogP contribution is -2.43. The van der Waals surface area contributed by atoms with Gasteiger partial charge in [0, 0.05) is 32.0 Å². The number of benzene rings is 1. The molecule has 0 amide bonds. The van der Waals surface area contributed by atoms with Crippen LogP contribution in [0.15, 0.2) is 47.7 Å². The summed E-state index contributed by atoms with van der Waals surface area (Å²) in [5.74, 6) is 1.16. The number of halogens is 3. The molecule has 1 aromatic carbocycles. The highest BCUT2D eigenvalue weighted by molar-refractivity contribution is 5.77. The van der Waals surface area contributed by atoms with E-state index in [1.54, 1.807) is 18.5 Å². The molecule has 0 bridgehead atoms. The molecular formula is C19H23F3N6O. The molecule has 0 radical (unpaired) electrons. The van der Waals surface area contributed by atoms with Crippen molar-refractivity contribution in [2.45, 2.75) is 25.7 Å². The normalized spacial score (nSPS) is 17.8. The first-order valence-corrected chi connectivity index (χ1v) is 9.29. The number of aromatic nitrogens is 2. The standard InChI is InChI=1S/C19H23F3N6O/c20-19(21,22)29-16-6-4-14(5-7-16)11-26-17(23)27-12-15-3-1-10-28(13-15)18-24-8-2-9-25-18/h2,4-9,15H,1,3,10-13H2,(H3,23,26,27). The lowest BCUT2D eigenvalue weighted by atomic mass is 9.98. The number of nitrogens with two attached hydrogens (primary N) is 1. The summed E-state index contributed by atoms with van der Waals surface area (Å²) in [4.78, 5) is 15.0. The molecule has 3 rings (SSSR count). The van der Waals surface area contributed by atoms with Gasteiger partial charge in [-0.15, -0.1) is 13.2 Å². The number of rotatable bonds is 6. The van der Waals surface area contributed by atoms with E-state index in [-0.39, 0.29) is 12.3 Å². The van der Waals surface area contributed by atoms with Gasteiger partial charge in [-0.1, -0.05) is 12.1 Å². The van der Waals surface area contributed by atoms with Crippen molar-refractivity contribution in [3.63, 3.8) is 0 Å². The van der Waals surface area contributed by atoms with Crippen molar-refractivity contribution in [1.29, 1.82) is 0 Å². The second-order valence-corrected chi connectivity index (χ2v) is 6.78. The minimum atomic E-state index is -4.70. The molecule has 2 aromatic rings. The number of hydrogen-bond acceptors (Lipinski definition) is 5. The molecule has 29 heavy (non-hydrogen) atoms. The molecule has 1 unspecified atom stereocenters. The number of hydrogen-bond donors (Lipinski definition) is 2. The smallest absolute Gasteiger partial charge is 0.406 e. The first-order chi connectivity index (χ1) is 13.9. The van der Waals surface area contributed by atoms with E-state index in [0.29, 0.717) is 18.4 Å². The Labute approximate surface area is 166 Å². The van der Waals surface area contributed by atoms with Gasteiger partial charge in [-0.3, -0.25) is 0 Å². The summed E-state index contributed by atoms with van der Waals surface area (Å²) in [7, 11) is 0. The van der Waals surface area contributed by atoms with Crippen LogP contribution in [-0.2, 0) is 6.54 Å². The summed E-state index contributed by atoms with van der Waals surface area (Å²) in [5, 5.41) is 3.12. The van der Waals surface area contributed by atoms with Gasteiger partial charge < -0.3 is 20.7 Å². The van der Waals surface area contributed by atoms with Crippen LogP contribution in [0, 0.1) is 5.92 Å². The van der Waals surface area contributed by atoms with Gasteiger partial charge in [0.15, 0.2) is 5.96 Å². The number of piperidine rings is 1. The molecule has 7 nitrogen and oxygen atoms in total. The summed E-state index contributed by atoms with van der Waals surface area (Å²) in [6.45, 7) is 2.71. The molecule has 1 aromatic heterocycles. The van der Waals surface area contributed by atoms with Gasteiger partial charge in [0.2, 0.25) is 5.95 Å². The van der Waals surface area contributed by atoms with Crippen molar-refractivity contribution in [2.75, 3.05) is 24.5 Å². The topological polar surface area (TPSA) is 88.7 Å². The fourth-order valence-electron chi connectivity index (χ4n) is 3.15. The molecule has 1 atom stereocenters. The second kappa shape index (κ2) is 9.44. The summed E-state index contributed by atoms with van der Waals surface area (Å²) >= 11 is 0. The molecule has 0 aliphatic carbocycles. The Morgan fingerprint density at radius 2 is 1.97 bits per heavy atom. The van der Waals surface area contributed by atoms with Gasteiger partial charge in [0.05, 0.1) is 6.54 Å². The Kier molecular flexibility index (Phi) is 6.73. The molecule has 3 N–H and O–H groups in total. The molecule has 0 saturated carbocycles. The van der Waals surface area contributed by atoms with Gasteiger partial charge in [-0.25, -0.2) is 15.0 Å². The average molecular weight is 408 g/mol. The molecule has 1 aliphatic heterocycles. The van der Waals surface area contributed by atoms with Crippen LogP contribution in [0.4, 0.5) is 19.1 Å². The van der Waals surface area contributed by atoms with Crippen LogP contribution < -0.4 is 20.7 Å². The number of anilines is 1. The zero-order chi connectivity index (χ0) is 20.7. The number of nitrogens with zero attached hydrogens (tertiary/aromatic N) is 4. The van der Waals surface area contributed by atoms with Crippen LogP contribution in [0.2, 0.25) is 0 Å². The number of alkyl halides is 3. The monoisotopic (exact) mass is 408 g/mol. The first kappa shape index (κ1) is 20.7. The van der Waals surface area contributed by atoms with Crippen LogP contribution >= 0.6 is 0 Å². The Bertz CT molecular complexity index is 798. The number of aliphatic imine (C=N–C) groups is 1. The molecule has 2 heterocycles. The predicted octanol–water partition coefficient (Wildman–Crippen LogP) is 2.70. The third-order valence-electron chi connectivity index (χ3n) is 4.51. The zero-order valence-corrected chi connectivity index (χ0v) is 15.8. The van der Waals surface area contributed by atoms with Gasteiger partial charge in [0.1, 0.15) is 5.75 Å². The van der Waals surface area contributed by atoms with Crippen molar-refractivity contribution in [2.24, 2.45) is 16.6 Å². The zero-order valence-electron chi connectivity index (χ0n) is 15.8. The number of nitrogens with one attached hydrogen (secondary N) is 1. The molecule has 1 fully saturated rings. The van der Waals surface area contributed by atoms with Crippen LogP contribution in [-0.4, -0.2) is 41.9 Å². The minimum Gasteiger partial charge on any atom is -0.406 e. The van der Waals surface area contributed by atoms with Crippen molar-refractivity contribution in [3.8, 4) is 5.75 Å². The van der Waals surface area contributed by atoms with E-state index in [1.165, 1.54) is 24.3 Å². The summed E-state index contributed by atoms with van der Waals surface area (Å²) < 4.78 is 40.4.